The maximum atomic E-state index is 13.6. The van der Waals surface area contributed by atoms with Crippen molar-refractivity contribution in [1.29, 1.82) is 0 Å². The number of hydrogen-bond acceptors (Lipinski definition) is 10. The summed E-state index contributed by atoms with van der Waals surface area (Å²) in [6, 6.07) is 15.4. The second-order valence-electron chi connectivity index (χ2n) is 10.5. The number of thiophene rings is 1. The van der Waals surface area contributed by atoms with E-state index in [0.29, 0.717) is 36.2 Å². The molecule has 0 saturated carbocycles. The molecule has 0 radical (unpaired) electrons. The Kier molecular flexibility index (Phi) is 9.60. The van der Waals surface area contributed by atoms with Crippen LogP contribution in [0.25, 0.3) is 0 Å². The smallest absolute Gasteiger partial charge is 0.253 e. The van der Waals surface area contributed by atoms with Gasteiger partial charge < -0.3 is 14.6 Å². The van der Waals surface area contributed by atoms with Crippen molar-refractivity contribution in [2.24, 2.45) is 12.1 Å². The Bertz CT molecular complexity index is 1840. The first-order valence-electron chi connectivity index (χ1n) is 14.4. The van der Waals surface area contributed by atoms with E-state index in [1.807, 2.05) is 17.5 Å². The number of sulfonamides is 1. The van der Waals surface area contributed by atoms with Gasteiger partial charge >= 0.3 is 0 Å². The minimum Gasteiger partial charge on any atom is -0.379 e. The fourth-order valence-corrected chi connectivity index (χ4v) is 7.98. The number of hydrazone groups is 1. The fraction of sp³-hybridized carbons (Fsp3) is 0.300. The molecule has 2 amide bonds. The quantitative estimate of drug-likeness (QED) is 0.251. The number of carbonyl (C=O) groups excluding carboxylic acids is 2. The topological polar surface area (TPSA) is 139 Å². The molecule has 6 rings (SSSR count). The van der Waals surface area contributed by atoms with E-state index in [-0.39, 0.29) is 48.0 Å². The van der Waals surface area contributed by atoms with Gasteiger partial charge in [0, 0.05) is 32.1 Å². The zero-order chi connectivity index (χ0) is 32.3. The molecule has 1 saturated heterocycles. The van der Waals surface area contributed by atoms with E-state index in [4.69, 9.17) is 4.74 Å². The van der Waals surface area contributed by atoms with Crippen LogP contribution in [0.15, 0.2) is 81.2 Å². The molecule has 2 aliphatic heterocycles. The van der Waals surface area contributed by atoms with Crippen LogP contribution in [-0.4, -0.2) is 82.1 Å². The number of rotatable bonds is 10. The van der Waals surface area contributed by atoms with Crippen molar-refractivity contribution >= 4 is 50.6 Å². The molecule has 2 aromatic carbocycles. The Morgan fingerprint density at radius 1 is 1.07 bits per heavy atom. The van der Waals surface area contributed by atoms with E-state index in [1.165, 1.54) is 57.5 Å². The predicted octanol–water partition coefficient (Wildman–Crippen LogP) is 3.44. The van der Waals surface area contributed by atoms with Gasteiger partial charge in [-0.3, -0.25) is 9.59 Å². The molecule has 12 nitrogen and oxygen atoms in total. The van der Waals surface area contributed by atoms with Gasteiger partial charge in [0.1, 0.15) is 5.82 Å². The van der Waals surface area contributed by atoms with E-state index >= 15 is 0 Å². The highest BCUT2D eigenvalue weighted by molar-refractivity contribution is 7.99. The summed E-state index contributed by atoms with van der Waals surface area (Å²) in [7, 11) is -1.92. The number of amides is 2. The van der Waals surface area contributed by atoms with Crippen molar-refractivity contribution in [1.82, 2.24) is 29.4 Å². The minimum atomic E-state index is -3.66. The molecular formula is C30H30FN7O5S3. The summed E-state index contributed by atoms with van der Waals surface area (Å²) in [6.07, 6.45) is 0.517. The molecule has 0 aliphatic carbocycles. The summed E-state index contributed by atoms with van der Waals surface area (Å²) in [6.45, 7) is 1.34. The van der Waals surface area contributed by atoms with Crippen molar-refractivity contribution in [2.45, 2.75) is 29.1 Å². The van der Waals surface area contributed by atoms with Crippen molar-refractivity contribution in [3.8, 4) is 0 Å². The van der Waals surface area contributed by atoms with E-state index in [9.17, 15) is 22.4 Å². The third-order valence-corrected chi connectivity index (χ3v) is 11.4. The van der Waals surface area contributed by atoms with Crippen LogP contribution in [-0.2, 0) is 33.1 Å². The molecule has 0 bridgehead atoms. The number of benzene rings is 2. The second kappa shape index (κ2) is 13.8. The number of carbonyl (C=O) groups is 2. The minimum absolute atomic E-state index is 0.0386. The number of aromatic nitrogens is 3. The fourth-order valence-electron chi connectivity index (χ4n) is 5.07. The van der Waals surface area contributed by atoms with Gasteiger partial charge in [-0.05, 0) is 53.4 Å². The number of morpholine rings is 1. The zero-order valence-corrected chi connectivity index (χ0v) is 27.2. The molecule has 4 aromatic rings. The van der Waals surface area contributed by atoms with Gasteiger partial charge in [-0.2, -0.15) is 9.41 Å². The lowest BCUT2D eigenvalue weighted by Gasteiger charge is -2.26. The summed E-state index contributed by atoms with van der Waals surface area (Å²) in [4.78, 5) is 27.3. The van der Waals surface area contributed by atoms with Gasteiger partial charge in [-0.25, -0.2) is 17.8 Å². The van der Waals surface area contributed by atoms with Crippen LogP contribution in [0, 0.1) is 5.82 Å². The van der Waals surface area contributed by atoms with Gasteiger partial charge in [0.25, 0.3) is 11.8 Å². The number of hydrogen-bond donors (Lipinski definition) is 1. The highest BCUT2D eigenvalue weighted by Gasteiger charge is 2.34. The SMILES string of the molecule is Cn1c(CNC(=O)c2ccc(S(=O)(=O)N3CCOCC3)cc2)nnc1SCC(=O)N1N=C(c2cccs2)C[C@H]1c1ccc(F)cc1. The van der Waals surface area contributed by atoms with Gasteiger partial charge in [-0.1, -0.05) is 30.0 Å². The Morgan fingerprint density at radius 2 is 1.80 bits per heavy atom. The first kappa shape index (κ1) is 32.0. The van der Waals surface area contributed by atoms with Crippen LogP contribution in [0.2, 0.25) is 0 Å². The normalized spacial score (nSPS) is 17.2. The molecule has 240 valence electrons. The number of ether oxygens (including phenoxy) is 1. The van der Waals surface area contributed by atoms with Crippen LogP contribution in [0.3, 0.4) is 0 Å². The molecule has 1 N–H and O–H groups in total. The molecule has 2 aliphatic rings. The monoisotopic (exact) mass is 683 g/mol. The summed E-state index contributed by atoms with van der Waals surface area (Å²) >= 11 is 2.74. The van der Waals surface area contributed by atoms with Crippen molar-refractivity contribution in [3.63, 3.8) is 0 Å². The lowest BCUT2D eigenvalue weighted by molar-refractivity contribution is -0.130. The third kappa shape index (κ3) is 6.90. The number of halogens is 1. The number of nitrogens with zero attached hydrogens (tertiary/aromatic N) is 6. The average Bonchev–Trinajstić information content (AvgIpc) is 3.84. The van der Waals surface area contributed by atoms with Gasteiger partial charge in [0.15, 0.2) is 11.0 Å². The van der Waals surface area contributed by atoms with Gasteiger partial charge in [-0.15, -0.1) is 21.5 Å². The Morgan fingerprint density at radius 3 is 2.50 bits per heavy atom. The van der Waals surface area contributed by atoms with Gasteiger partial charge in [0.2, 0.25) is 10.0 Å². The van der Waals surface area contributed by atoms with Crippen LogP contribution in [0.5, 0.6) is 0 Å². The highest BCUT2D eigenvalue weighted by Crippen LogP contribution is 2.34. The van der Waals surface area contributed by atoms with Crippen LogP contribution in [0.4, 0.5) is 4.39 Å². The summed E-state index contributed by atoms with van der Waals surface area (Å²) in [5, 5.41) is 19.7. The molecule has 0 unspecified atom stereocenters. The van der Waals surface area contributed by atoms with E-state index in [0.717, 1.165) is 16.2 Å². The summed E-state index contributed by atoms with van der Waals surface area (Å²) in [5.41, 5.74) is 1.89. The largest absolute Gasteiger partial charge is 0.379 e. The summed E-state index contributed by atoms with van der Waals surface area (Å²) < 4.78 is 47.6. The van der Waals surface area contributed by atoms with Crippen molar-refractivity contribution in [2.75, 3.05) is 32.1 Å². The molecule has 1 atom stereocenters. The van der Waals surface area contributed by atoms with E-state index in [1.54, 1.807) is 35.1 Å². The zero-order valence-electron chi connectivity index (χ0n) is 24.7. The van der Waals surface area contributed by atoms with Gasteiger partial charge in [0.05, 0.1) is 47.0 Å². The molecule has 16 heteroatoms. The lowest BCUT2D eigenvalue weighted by atomic mass is 10.0. The maximum Gasteiger partial charge on any atom is 0.253 e. The van der Waals surface area contributed by atoms with Crippen LogP contribution < -0.4 is 5.32 Å². The summed E-state index contributed by atoms with van der Waals surface area (Å²) in [5.74, 6) is -0.475. The van der Waals surface area contributed by atoms with E-state index in [2.05, 4.69) is 20.6 Å². The highest BCUT2D eigenvalue weighted by atomic mass is 32.2. The molecule has 1 fully saturated rings. The first-order valence-corrected chi connectivity index (χ1v) is 17.7. The second-order valence-corrected chi connectivity index (χ2v) is 14.3. The Hall–Kier alpha value is -3.96. The standard InChI is InChI=1S/C30H30FN7O5S3/c1-36-27(18-32-29(40)21-6-10-23(11-7-21)46(41,42)37-12-14-43-15-13-37)33-34-30(36)45-19-28(39)38-25(20-4-8-22(31)9-5-20)17-24(35-38)26-3-2-16-44-26/h2-11,16,25H,12-15,17-19H2,1H3,(H,32,40)/t25-/m0/s1. The Balaban J connectivity index is 1.06. The average molecular weight is 684 g/mol. The maximum absolute atomic E-state index is 13.6. The number of thioether (sulfide) groups is 1. The molecule has 0 spiro atoms. The van der Waals surface area contributed by atoms with Crippen molar-refractivity contribution < 1.29 is 27.1 Å². The number of nitrogens with one attached hydrogen (secondary N) is 1. The molecule has 2 aromatic heterocycles. The third-order valence-electron chi connectivity index (χ3n) is 7.61. The first-order chi connectivity index (χ1) is 22.2. The van der Waals surface area contributed by atoms with Crippen molar-refractivity contribution in [3.05, 3.63) is 93.7 Å². The molecule has 46 heavy (non-hydrogen) atoms. The molecule has 4 heterocycles. The lowest BCUT2D eigenvalue weighted by Crippen LogP contribution is -2.40. The van der Waals surface area contributed by atoms with Crippen LogP contribution in [0.1, 0.15) is 39.1 Å². The molecular weight excluding hydrogens is 654 g/mol. The Labute approximate surface area is 273 Å². The predicted molar refractivity (Wildman–Crippen MR) is 170 cm³/mol. The van der Waals surface area contributed by atoms with E-state index < -0.39 is 15.9 Å². The van der Waals surface area contributed by atoms with Crippen LogP contribution >= 0.6 is 23.1 Å².